The molecule has 0 bridgehead atoms. The van der Waals surface area contributed by atoms with Gasteiger partial charge >= 0.3 is 0 Å². The first kappa shape index (κ1) is 8.84. The van der Waals surface area contributed by atoms with Crippen LogP contribution in [0.4, 0.5) is 5.88 Å². The molecule has 5 nitrogen and oxygen atoms in total. The maximum Gasteiger partial charge on any atom is 0.234 e. The fraction of sp³-hybridized carbons (Fsp3) is 0. The molecule has 2 rings (SSSR count). The van der Waals surface area contributed by atoms with Gasteiger partial charge in [-0.1, -0.05) is 0 Å². The molecule has 14 heavy (non-hydrogen) atoms. The van der Waals surface area contributed by atoms with Crippen LogP contribution in [-0.2, 0) is 0 Å². The number of hydrogen-bond donors (Lipinski definition) is 1. The van der Waals surface area contributed by atoms with Crippen molar-refractivity contribution in [3.63, 3.8) is 0 Å². The minimum atomic E-state index is 0.00981. The summed E-state index contributed by atoms with van der Waals surface area (Å²) >= 11 is 3.17. The van der Waals surface area contributed by atoms with Crippen molar-refractivity contribution in [3.8, 4) is 17.5 Å². The number of nitrogen functional groups attached to an aromatic ring is 1. The molecule has 6 heteroatoms. The fourth-order valence-corrected chi connectivity index (χ4v) is 1.38. The number of anilines is 1. The smallest absolute Gasteiger partial charge is 0.234 e. The highest BCUT2D eigenvalue weighted by molar-refractivity contribution is 9.10. The summed E-state index contributed by atoms with van der Waals surface area (Å²) in [6, 6.07) is 3.48. The van der Waals surface area contributed by atoms with E-state index in [2.05, 4.69) is 20.9 Å². The number of aromatic nitrogens is 1. The van der Waals surface area contributed by atoms with Crippen LogP contribution >= 0.6 is 15.9 Å². The molecule has 0 unspecified atom stereocenters. The number of nitrogens with two attached hydrogens (primary N) is 1. The van der Waals surface area contributed by atoms with Gasteiger partial charge in [-0.15, -0.1) is 0 Å². The molecule has 0 saturated carbocycles. The van der Waals surface area contributed by atoms with Crippen molar-refractivity contribution >= 4 is 21.8 Å². The first-order valence-corrected chi connectivity index (χ1v) is 4.41. The number of rotatable bonds is 1. The number of halogens is 1. The number of oxazole rings is 1. The van der Waals surface area contributed by atoms with Crippen molar-refractivity contribution in [2.45, 2.75) is 0 Å². The van der Waals surface area contributed by atoms with Gasteiger partial charge in [-0.05, 0) is 22.0 Å². The molecule has 2 aromatic heterocycles. The van der Waals surface area contributed by atoms with Crippen LogP contribution in [0.25, 0.3) is 11.5 Å². The summed E-state index contributed by atoms with van der Waals surface area (Å²) in [6.07, 6.45) is 1.48. The molecule has 0 fully saturated rings. The molecule has 0 radical (unpaired) electrons. The van der Waals surface area contributed by atoms with Gasteiger partial charge in [0.25, 0.3) is 0 Å². The highest BCUT2D eigenvalue weighted by Gasteiger charge is 2.15. The lowest BCUT2D eigenvalue weighted by Gasteiger charge is -1.87. The predicted molar refractivity (Wildman–Crippen MR) is 51.0 cm³/mol. The summed E-state index contributed by atoms with van der Waals surface area (Å²) in [7, 11) is 0. The Bertz CT molecular complexity index is 509. The van der Waals surface area contributed by atoms with Crippen LogP contribution in [0.1, 0.15) is 5.69 Å². The molecule has 0 aliphatic heterocycles. The van der Waals surface area contributed by atoms with E-state index in [0.29, 0.717) is 10.2 Å². The molecule has 0 atom stereocenters. The van der Waals surface area contributed by atoms with Crippen LogP contribution < -0.4 is 5.73 Å². The van der Waals surface area contributed by atoms with Crippen molar-refractivity contribution in [3.05, 3.63) is 22.7 Å². The zero-order chi connectivity index (χ0) is 10.1. The summed E-state index contributed by atoms with van der Waals surface area (Å²) < 4.78 is 10.6. The zero-order valence-electron chi connectivity index (χ0n) is 6.82. The highest BCUT2D eigenvalue weighted by Crippen LogP contribution is 2.30. The third-order valence-corrected chi connectivity index (χ3v) is 2.22. The summed E-state index contributed by atoms with van der Waals surface area (Å²) in [5.41, 5.74) is 6.11. The number of furan rings is 1. The lowest BCUT2D eigenvalue weighted by molar-refractivity contribution is 0.537. The average Bonchev–Trinajstić information content (AvgIpc) is 2.71. The fourth-order valence-electron chi connectivity index (χ4n) is 0.973. The Hall–Kier alpha value is -1.74. The van der Waals surface area contributed by atoms with Crippen LogP contribution in [0.2, 0.25) is 0 Å². The molecule has 2 N–H and O–H groups in total. The Balaban J connectivity index is 2.54. The van der Waals surface area contributed by atoms with Crippen LogP contribution in [0.5, 0.6) is 0 Å². The van der Waals surface area contributed by atoms with Gasteiger partial charge in [-0.2, -0.15) is 10.2 Å². The summed E-state index contributed by atoms with van der Waals surface area (Å²) in [5, 5.41) is 8.61. The summed E-state index contributed by atoms with van der Waals surface area (Å²) in [5.74, 6) is 0.273. The normalized spacial score (nSPS) is 10.0. The van der Waals surface area contributed by atoms with Gasteiger partial charge in [0.1, 0.15) is 6.07 Å². The van der Waals surface area contributed by atoms with Crippen LogP contribution in [0.3, 0.4) is 0 Å². The van der Waals surface area contributed by atoms with Crippen molar-refractivity contribution < 1.29 is 8.83 Å². The van der Waals surface area contributed by atoms with Crippen molar-refractivity contribution in [2.75, 3.05) is 5.73 Å². The molecule has 0 spiro atoms. The molecule has 0 aliphatic rings. The van der Waals surface area contributed by atoms with E-state index in [1.165, 1.54) is 6.26 Å². The second-order valence-corrected chi connectivity index (χ2v) is 3.17. The van der Waals surface area contributed by atoms with Gasteiger partial charge in [-0.3, -0.25) is 0 Å². The van der Waals surface area contributed by atoms with Crippen molar-refractivity contribution in [1.29, 1.82) is 5.26 Å². The second kappa shape index (κ2) is 3.20. The maximum atomic E-state index is 8.61. The quantitative estimate of drug-likeness (QED) is 0.841. The monoisotopic (exact) mass is 253 g/mol. The van der Waals surface area contributed by atoms with E-state index in [1.807, 2.05) is 6.07 Å². The third-order valence-electron chi connectivity index (χ3n) is 1.61. The Morgan fingerprint density at radius 1 is 1.57 bits per heavy atom. The van der Waals surface area contributed by atoms with Crippen molar-refractivity contribution in [2.24, 2.45) is 0 Å². The predicted octanol–water partition coefficient (Wildman–Crippen LogP) is 2.15. The number of hydrogen-bond acceptors (Lipinski definition) is 5. The van der Waals surface area contributed by atoms with Gasteiger partial charge in [0.15, 0.2) is 4.67 Å². The van der Waals surface area contributed by atoms with Gasteiger partial charge in [0, 0.05) is 0 Å². The minimum absolute atomic E-state index is 0.00981. The molecule has 2 heterocycles. The first-order valence-electron chi connectivity index (χ1n) is 3.62. The molecular weight excluding hydrogens is 250 g/mol. The Kier molecular flexibility index (Phi) is 2.02. The lowest BCUT2D eigenvalue weighted by atomic mass is 10.3. The summed E-state index contributed by atoms with van der Waals surface area (Å²) in [6.45, 7) is 0. The Morgan fingerprint density at radius 3 is 2.86 bits per heavy atom. The van der Waals surface area contributed by atoms with E-state index in [0.717, 1.165) is 0 Å². The summed E-state index contributed by atoms with van der Waals surface area (Å²) in [4.78, 5) is 3.89. The van der Waals surface area contributed by atoms with E-state index < -0.39 is 0 Å². The lowest BCUT2D eigenvalue weighted by Crippen LogP contribution is -1.84. The van der Waals surface area contributed by atoms with Gasteiger partial charge in [0.05, 0.1) is 11.8 Å². The minimum Gasteiger partial charge on any atom is -0.457 e. The standard InChI is InChI=1S/C8H4BrN3O2/c9-6-4(1-2-13-6)8-12-5(3-10)7(11)14-8/h1-2H,11H2. The van der Waals surface area contributed by atoms with E-state index >= 15 is 0 Å². The van der Waals surface area contributed by atoms with Crippen LogP contribution in [0, 0.1) is 11.3 Å². The average molecular weight is 254 g/mol. The second-order valence-electron chi connectivity index (χ2n) is 2.45. The zero-order valence-corrected chi connectivity index (χ0v) is 8.41. The topological polar surface area (TPSA) is 89.0 Å². The molecule has 0 saturated heterocycles. The highest BCUT2D eigenvalue weighted by atomic mass is 79.9. The SMILES string of the molecule is N#Cc1nc(-c2ccoc2Br)oc1N. The van der Waals surface area contributed by atoms with Gasteiger partial charge in [-0.25, -0.2) is 0 Å². The molecule has 0 amide bonds. The van der Waals surface area contributed by atoms with Crippen molar-refractivity contribution in [1.82, 2.24) is 4.98 Å². The number of nitriles is 1. The van der Waals surface area contributed by atoms with E-state index in [1.54, 1.807) is 6.07 Å². The van der Waals surface area contributed by atoms with E-state index in [-0.39, 0.29) is 17.5 Å². The van der Waals surface area contributed by atoms with Crippen LogP contribution in [-0.4, -0.2) is 4.98 Å². The maximum absolute atomic E-state index is 8.61. The Morgan fingerprint density at radius 2 is 2.36 bits per heavy atom. The van der Waals surface area contributed by atoms with Crippen LogP contribution in [0.15, 0.2) is 25.8 Å². The molecular formula is C8H4BrN3O2. The number of nitrogens with zero attached hydrogens (tertiary/aromatic N) is 2. The third kappa shape index (κ3) is 1.28. The van der Waals surface area contributed by atoms with E-state index in [9.17, 15) is 0 Å². The first-order chi connectivity index (χ1) is 6.72. The molecule has 0 aliphatic carbocycles. The van der Waals surface area contributed by atoms with E-state index in [4.69, 9.17) is 19.8 Å². The molecule has 2 aromatic rings. The Labute approximate surface area is 87.3 Å². The molecule has 70 valence electrons. The van der Waals surface area contributed by atoms with Gasteiger partial charge in [0.2, 0.25) is 17.5 Å². The largest absolute Gasteiger partial charge is 0.457 e. The molecule has 0 aromatic carbocycles. The van der Waals surface area contributed by atoms with Gasteiger partial charge < -0.3 is 14.6 Å².